The predicted octanol–water partition coefficient (Wildman–Crippen LogP) is 2.20. The van der Waals surface area contributed by atoms with Gasteiger partial charge in [0.2, 0.25) is 5.91 Å². The van der Waals surface area contributed by atoms with Crippen LogP contribution in [0.25, 0.3) is 0 Å². The molecule has 0 saturated heterocycles. The van der Waals surface area contributed by atoms with E-state index in [0.717, 1.165) is 6.42 Å². The standard InChI is InChI=1S/C10H15ClFN3O/c1-8(11)10(16)14-9-6-13-15(7-9)5-3-2-4-12/h6-8H,2-5H2,1H3,(H,14,16). The van der Waals surface area contributed by atoms with Crippen LogP contribution in [-0.4, -0.2) is 27.7 Å². The number of carbonyl (C=O) groups is 1. The summed E-state index contributed by atoms with van der Waals surface area (Å²) in [5.41, 5.74) is 0.609. The molecule has 0 spiro atoms. The van der Waals surface area contributed by atoms with Crippen LogP contribution in [0, 0.1) is 0 Å². The Labute approximate surface area is 98.8 Å². The molecule has 4 nitrogen and oxygen atoms in total. The number of aryl methyl sites for hydroxylation is 1. The number of carbonyl (C=O) groups excluding carboxylic acids is 1. The van der Waals surface area contributed by atoms with E-state index in [4.69, 9.17) is 11.6 Å². The van der Waals surface area contributed by atoms with Gasteiger partial charge in [0, 0.05) is 12.7 Å². The van der Waals surface area contributed by atoms with Gasteiger partial charge in [0.25, 0.3) is 0 Å². The first kappa shape index (κ1) is 13.0. The summed E-state index contributed by atoms with van der Waals surface area (Å²) in [7, 11) is 0. The molecule has 1 unspecified atom stereocenters. The smallest absolute Gasteiger partial charge is 0.242 e. The molecule has 0 saturated carbocycles. The van der Waals surface area contributed by atoms with Gasteiger partial charge in [-0.15, -0.1) is 11.6 Å². The molecule has 0 aromatic carbocycles. The molecular weight excluding hydrogens is 233 g/mol. The van der Waals surface area contributed by atoms with Gasteiger partial charge in [-0.25, -0.2) is 0 Å². The third-order valence-corrected chi connectivity index (χ3v) is 2.23. The Morgan fingerprint density at radius 2 is 2.44 bits per heavy atom. The highest BCUT2D eigenvalue weighted by Crippen LogP contribution is 2.08. The first-order valence-electron chi connectivity index (χ1n) is 5.17. The summed E-state index contributed by atoms with van der Waals surface area (Å²) >= 11 is 5.61. The molecule has 0 bridgehead atoms. The summed E-state index contributed by atoms with van der Waals surface area (Å²) in [6.45, 7) is 1.94. The zero-order chi connectivity index (χ0) is 12.0. The van der Waals surface area contributed by atoms with Crippen molar-refractivity contribution in [3.05, 3.63) is 12.4 Å². The van der Waals surface area contributed by atoms with Gasteiger partial charge in [0.1, 0.15) is 5.38 Å². The Bertz CT molecular complexity index is 341. The Balaban J connectivity index is 2.42. The molecule has 0 aliphatic rings. The zero-order valence-electron chi connectivity index (χ0n) is 9.12. The van der Waals surface area contributed by atoms with Gasteiger partial charge < -0.3 is 5.32 Å². The average Bonchev–Trinajstić information content (AvgIpc) is 2.66. The van der Waals surface area contributed by atoms with Crippen molar-refractivity contribution in [2.45, 2.75) is 31.7 Å². The summed E-state index contributed by atoms with van der Waals surface area (Å²) in [6.07, 6.45) is 4.51. The van der Waals surface area contributed by atoms with Crippen molar-refractivity contribution in [1.82, 2.24) is 9.78 Å². The molecule has 0 aliphatic carbocycles. The normalized spacial score (nSPS) is 12.4. The molecule has 6 heteroatoms. The van der Waals surface area contributed by atoms with E-state index in [9.17, 15) is 9.18 Å². The average molecular weight is 248 g/mol. The second kappa shape index (κ2) is 6.48. The number of aromatic nitrogens is 2. The predicted molar refractivity (Wildman–Crippen MR) is 61.4 cm³/mol. The quantitative estimate of drug-likeness (QED) is 0.619. The lowest BCUT2D eigenvalue weighted by molar-refractivity contribution is -0.115. The van der Waals surface area contributed by atoms with Crippen LogP contribution < -0.4 is 5.32 Å². The monoisotopic (exact) mass is 247 g/mol. The van der Waals surface area contributed by atoms with Gasteiger partial charge in [0.05, 0.1) is 18.6 Å². The molecule has 90 valence electrons. The third-order valence-electron chi connectivity index (χ3n) is 2.03. The van der Waals surface area contributed by atoms with E-state index in [-0.39, 0.29) is 12.6 Å². The van der Waals surface area contributed by atoms with Gasteiger partial charge in [-0.1, -0.05) is 0 Å². The number of alkyl halides is 2. The van der Waals surface area contributed by atoms with Crippen molar-refractivity contribution >= 4 is 23.2 Å². The minimum absolute atomic E-state index is 0.259. The highest BCUT2D eigenvalue weighted by atomic mass is 35.5. The Morgan fingerprint density at radius 1 is 1.69 bits per heavy atom. The number of halogens is 2. The fourth-order valence-corrected chi connectivity index (χ4v) is 1.21. The lowest BCUT2D eigenvalue weighted by Crippen LogP contribution is -2.19. The zero-order valence-corrected chi connectivity index (χ0v) is 9.88. The van der Waals surface area contributed by atoms with Gasteiger partial charge in [-0.2, -0.15) is 5.10 Å². The molecule has 1 heterocycles. The molecule has 1 rings (SSSR count). The second-order valence-corrected chi connectivity index (χ2v) is 4.15. The molecule has 1 amide bonds. The summed E-state index contributed by atoms with van der Waals surface area (Å²) in [4.78, 5) is 11.3. The van der Waals surface area contributed by atoms with Gasteiger partial charge >= 0.3 is 0 Å². The first-order chi connectivity index (χ1) is 7.63. The summed E-state index contributed by atoms with van der Waals surface area (Å²) in [6, 6.07) is 0. The van der Waals surface area contributed by atoms with E-state index in [2.05, 4.69) is 10.4 Å². The number of hydrogen-bond acceptors (Lipinski definition) is 2. The van der Waals surface area contributed by atoms with E-state index in [1.165, 1.54) is 0 Å². The van der Waals surface area contributed by atoms with Crippen LogP contribution in [0.1, 0.15) is 19.8 Å². The van der Waals surface area contributed by atoms with Crippen LogP contribution in [0.4, 0.5) is 10.1 Å². The molecule has 16 heavy (non-hydrogen) atoms. The van der Waals surface area contributed by atoms with Crippen LogP contribution >= 0.6 is 11.6 Å². The van der Waals surface area contributed by atoms with Gasteiger partial charge in [-0.3, -0.25) is 13.9 Å². The van der Waals surface area contributed by atoms with Crippen LogP contribution in [0.15, 0.2) is 12.4 Å². The number of hydrogen-bond donors (Lipinski definition) is 1. The first-order valence-corrected chi connectivity index (χ1v) is 5.60. The largest absolute Gasteiger partial charge is 0.322 e. The molecule has 0 aliphatic heterocycles. The maximum absolute atomic E-state index is 11.9. The fourth-order valence-electron chi connectivity index (χ4n) is 1.16. The lowest BCUT2D eigenvalue weighted by atomic mass is 10.3. The minimum Gasteiger partial charge on any atom is -0.322 e. The summed E-state index contributed by atoms with van der Waals surface area (Å²) in [5, 5.41) is 6.09. The van der Waals surface area contributed by atoms with Crippen LogP contribution in [0.2, 0.25) is 0 Å². The van der Waals surface area contributed by atoms with Crippen LogP contribution in [-0.2, 0) is 11.3 Å². The van der Waals surface area contributed by atoms with Crippen molar-refractivity contribution in [1.29, 1.82) is 0 Å². The van der Waals surface area contributed by atoms with Crippen LogP contribution in [0.3, 0.4) is 0 Å². The third kappa shape index (κ3) is 4.18. The van der Waals surface area contributed by atoms with Crippen molar-refractivity contribution in [3.63, 3.8) is 0 Å². The highest BCUT2D eigenvalue weighted by molar-refractivity contribution is 6.32. The fraction of sp³-hybridized carbons (Fsp3) is 0.600. The molecule has 1 aromatic rings. The Hall–Kier alpha value is -1.10. The van der Waals surface area contributed by atoms with Gasteiger partial charge in [-0.05, 0) is 19.8 Å². The van der Waals surface area contributed by atoms with Crippen LogP contribution in [0.5, 0.6) is 0 Å². The number of amides is 1. The number of unbranched alkanes of at least 4 members (excludes halogenated alkanes) is 1. The molecule has 1 atom stereocenters. The summed E-state index contributed by atoms with van der Waals surface area (Å²) in [5.74, 6) is -0.259. The maximum Gasteiger partial charge on any atom is 0.242 e. The van der Waals surface area contributed by atoms with E-state index < -0.39 is 5.38 Å². The molecular formula is C10H15ClFN3O. The topological polar surface area (TPSA) is 46.9 Å². The number of rotatable bonds is 6. The van der Waals surface area contributed by atoms with Gasteiger partial charge in [0.15, 0.2) is 0 Å². The summed E-state index contributed by atoms with van der Waals surface area (Å²) < 4.78 is 13.5. The maximum atomic E-state index is 11.9. The van der Waals surface area contributed by atoms with E-state index in [1.54, 1.807) is 24.0 Å². The van der Waals surface area contributed by atoms with Crippen molar-refractivity contribution in [2.75, 3.05) is 12.0 Å². The Morgan fingerprint density at radius 3 is 3.06 bits per heavy atom. The molecule has 1 N–H and O–H groups in total. The minimum atomic E-state index is -0.574. The highest BCUT2D eigenvalue weighted by Gasteiger charge is 2.09. The molecule has 1 aromatic heterocycles. The van der Waals surface area contributed by atoms with Crippen molar-refractivity contribution < 1.29 is 9.18 Å². The SMILES string of the molecule is CC(Cl)C(=O)Nc1cnn(CCCCF)c1. The molecule has 0 radical (unpaired) electrons. The lowest BCUT2D eigenvalue weighted by Gasteiger charge is -2.02. The second-order valence-electron chi connectivity index (χ2n) is 3.49. The number of anilines is 1. The van der Waals surface area contributed by atoms with E-state index in [0.29, 0.717) is 18.7 Å². The van der Waals surface area contributed by atoms with Crippen molar-refractivity contribution in [2.24, 2.45) is 0 Å². The van der Waals surface area contributed by atoms with Crippen molar-refractivity contribution in [3.8, 4) is 0 Å². The number of nitrogens with one attached hydrogen (secondary N) is 1. The van der Waals surface area contributed by atoms with E-state index >= 15 is 0 Å². The number of nitrogens with zero attached hydrogens (tertiary/aromatic N) is 2. The van der Waals surface area contributed by atoms with E-state index in [1.807, 2.05) is 0 Å². The Kier molecular flexibility index (Phi) is 5.25. The molecule has 0 fully saturated rings.